The van der Waals surface area contributed by atoms with Gasteiger partial charge in [0.1, 0.15) is 5.69 Å². The maximum absolute atomic E-state index is 11.4. The highest BCUT2D eigenvalue weighted by Crippen LogP contribution is 2.30. The monoisotopic (exact) mass is 389 g/mol. The van der Waals surface area contributed by atoms with E-state index in [1.165, 1.54) is 12.1 Å². The number of nitro benzene ring substituents is 1. The maximum Gasteiger partial charge on any atom is 0.293 e. The van der Waals surface area contributed by atoms with Crippen molar-refractivity contribution in [1.82, 2.24) is 10.1 Å². The van der Waals surface area contributed by atoms with Gasteiger partial charge < -0.3 is 9.84 Å². The van der Waals surface area contributed by atoms with Crippen molar-refractivity contribution >= 4 is 21.4 Å². The fourth-order valence-corrected chi connectivity index (χ4v) is 2.90. The van der Waals surface area contributed by atoms with E-state index < -0.39 is 26.7 Å². The van der Waals surface area contributed by atoms with Crippen LogP contribution in [0.4, 0.5) is 11.4 Å². The third-order valence-electron chi connectivity index (χ3n) is 3.72. The summed E-state index contributed by atoms with van der Waals surface area (Å²) in [7, 11) is -4.06. The lowest BCUT2D eigenvalue weighted by Crippen LogP contribution is -2.14. The van der Waals surface area contributed by atoms with Crippen LogP contribution in [-0.4, -0.2) is 23.5 Å². The Labute approximate surface area is 154 Å². The Kier molecular flexibility index (Phi) is 4.88. The highest BCUT2D eigenvalue weighted by molar-refractivity contribution is 7.89. The first kappa shape index (κ1) is 18.5. The predicted molar refractivity (Wildman–Crippen MR) is 96.2 cm³/mol. The molecule has 0 radical (unpaired) electrons. The SMILES string of the molecule is CC(Nc1ccc(S(N)(=O)=O)cc1[N+](=O)[O-])c1noc(-c2ccccc2)n1. The minimum atomic E-state index is -4.06. The third kappa shape index (κ3) is 4.10. The highest BCUT2D eigenvalue weighted by atomic mass is 32.2. The van der Waals surface area contributed by atoms with E-state index in [4.69, 9.17) is 9.66 Å². The van der Waals surface area contributed by atoms with Gasteiger partial charge in [-0.1, -0.05) is 23.4 Å². The van der Waals surface area contributed by atoms with Gasteiger partial charge in [0, 0.05) is 11.6 Å². The molecule has 1 atom stereocenters. The summed E-state index contributed by atoms with van der Waals surface area (Å²) in [6.07, 6.45) is 0. The van der Waals surface area contributed by atoms with Crippen LogP contribution in [-0.2, 0) is 10.0 Å². The molecule has 0 bridgehead atoms. The molecule has 3 rings (SSSR count). The summed E-state index contributed by atoms with van der Waals surface area (Å²) in [5, 5.41) is 23.1. The Hall–Kier alpha value is -3.31. The highest BCUT2D eigenvalue weighted by Gasteiger charge is 2.22. The molecule has 27 heavy (non-hydrogen) atoms. The fraction of sp³-hybridized carbons (Fsp3) is 0.125. The van der Waals surface area contributed by atoms with Crippen molar-refractivity contribution in [3.05, 3.63) is 64.5 Å². The van der Waals surface area contributed by atoms with Gasteiger partial charge in [0.05, 0.1) is 15.9 Å². The quantitative estimate of drug-likeness (QED) is 0.481. The number of nitro groups is 1. The lowest BCUT2D eigenvalue weighted by Gasteiger charge is -2.12. The number of anilines is 1. The first-order valence-corrected chi connectivity index (χ1v) is 9.27. The summed E-state index contributed by atoms with van der Waals surface area (Å²) < 4.78 is 28.0. The van der Waals surface area contributed by atoms with E-state index in [2.05, 4.69) is 15.5 Å². The van der Waals surface area contributed by atoms with Crippen LogP contribution in [0.2, 0.25) is 0 Å². The number of aromatic nitrogens is 2. The molecule has 0 fully saturated rings. The number of hydrogen-bond donors (Lipinski definition) is 2. The average Bonchev–Trinajstić information content (AvgIpc) is 3.12. The Balaban J connectivity index is 1.87. The van der Waals surface area contributed by atoms with Crippen LogP contribution in [0, 0.1) is 10.1 Å². The Bertz CT molecular complexity index is 1080. The van der Waals surface area contributed by atoms with Gasteiger partial charge in [-0.05, 0) is 31.2 Å². The average molecular weight is 389 g/mol. The number of primary sulfonamides is 1. The molecule has 11 heteroatoms. The number of sulfonamides is 1. The molecule has 10 nitrogen and oxygen atoms in total. The number of nitrogens with zero attached hydrogens (tertiary/aromatic N) is 3. The van der Waals surface area contributed by atoms with E-state index in [1.807, 2.05) is 30.3 Å². The van der Waals surface area contributed by atoms with Crippen LogP contribution >= 0.6 is 0 Å². The number of benzene rings is 2. The first-order valence-electron chi connectivity index (χ1n) is 7.72. The Morgan fingerprint density at radius 3 is 2.56 bits per heavy atom. The predicted octanol–water partition coefficient (Wildman–Crippen LogP) is 2.47. The van der Waals surface area contributed by atoms with Crippen molar-refractivity contribution < 1.29 is 17.9 Å². The second kappa shape index (κ2) is 7.13. The lowest BCUT2D eigenvalue weighted by atomic mass is 10.2. The van der Waals surface area contributed by atoms with Crippen molar-refractivity contribution in [2.45, 2.75) is 17.9 Å². The molecule has 0 spiro atoms. The molecule has 3 N–H and O–H groups in total. The van der Waals surface area contributed by atoms with E-state index >= 15 is 0 Å². The number of rotatable bonds is 6. The summed E-state index contributed by atoms with van der Waals surface area (Å²) in [4.78, 5) is 14.5. The molecule has 140 valence electrons. The topological polar surface area (TPSA) is 154 Å². The van der Waals surface area contributed by atoms with E-state index in [0.717, 1.165) is 11.6 Å². The minimum absolute atomic E-state index is 0.103. The Morgan fingerprint density at radius 2 is 1.93 bits per heavy atom. The Morgan fingerprint density at radius 1 is 1.22 bits per heavy atom. The van der Waals surface area contributed by atoms with Crippen LogP contribution in [0.25, 0.3) is 11.5 Å². The largest absolute Gasteiger partial charge is 0.370 e. The van der Waals surface area contributed by atoms with Crippen molar-refractivity contribution in [2.24, 2.45) is 5.14 Å². The molecule has 1 heterocycles. The molecular formula is C16H15N5O5S. The molecule has 1 unspecified atom stereocenters. The van der Waals surface area contributed by atoms with Crippen LogP contribution in [0.5, 0.6) is 0 Å². The smallest absolute Gasteiger partial charge is 0.293 e. The van der Waals surface area contributed by atoms with Crippen molar-refractivity contribution in [3.8, 4) is 11.5 Å². The zero-order valence-electron chi connectivity index (χ0n) is 14.1. The molecule has 0 amide bonds. The van der Waals surface area contributed by atoms with Gasteiger partial charge in [0.15, 0.2) is 5.82 Å². The summed E-state index contributed by atoms with van der Waals surface area (Å²) in [6.45, 7) is 1.69. The molecule has 1 aromatic heterocycles. The van der Waals surface area contributed by atoms with Crippen molar-refractivity contribution in [2.75, 3.05) is 5.32 Å². The van der Waals surface area contributed by atoms with Gasteiger partial charge >= 0.3 is 0 Å². The van der Waals surface area contributed by atoms with Crippen molar-refractivity contribution in [3.63, 3.8) is 0 Å². The van der Waals surface area contributed by atoms with Gasteiger partial charge in [-0.2, -0.15) is 4.98 Å². The molecule has 0 aliphatic carbocycles. The molecular weight excluding hydrogens is 374 g/mol. The minimum Gasteiger partial charge on any atom is -0.370 e. The molecule has 0 saturated carbocycles. The van der Waals surface area contributed by atoms with Gasteiger partial charge in [0.2, 0.25) is 10.0 Å². The summed E-state index contributed by atoms with van der Waals surface area (Å²) in [5.41, 5.74) is 0.415. The molecule has 0 aliphatic rings. The van der Waals surface area contributed by atoms with E-state index in [9.17, 15) is 18.5 Å². The summed E-state index contributed by atoms with van der Waals surface area (Å²) in [5.74, 6) is 0.608. The maximum atomic E-state index is 11.4. The zero-order chi connectivity index (χ0) is 19.6. The summed E-state index contributed by atoms with van der Waals surface area (Å²) >= 11 is 0. The van der Waals surface area contributed by atoms with Gasteiger partial charge in [-0.15, -0.1) is 0 Å². The van der Waals surface area contributed by atoms with E-state index in [0.29, 0.717) is 11.7 Å². The zero-order valence-corrected chi connectivity index (χ0v) is 14.9. The van der Waals surface area contributed by atoms with E-state index in [1.54, 1.807) is 6.92 Å². The standard InChI is InChI=1S/C16H15N5O5S/c1-10(15-19-16(26-20-15)11-5-3-2-4-6-11)18-13-8-7-12(27(17,24)25)9-14(13)21(22)23/h2-10,18H,1H3,(H2,17,24,25). The third-order valence-corrected chi connectivity index (χ3v) is 4.63. The summed E-state index contributed by atoms with van der Waals surface area (Å²) in [6, 6.07) is 12.0. The van der Waals surface area contributed by atoms with Gasteiger partial charge in [-0.3, -0.25) is 10.1 Å². The molecule has 3 aromatic rings. The number of nitrogens with two attached hydrogens (primary N) is 1. The first-order chi connectivity index (χ1) is 12.8. The van der Waals surface area contributed by atoms with Crippen LogP contribution < -0.4 is 10.5 Å². The molecule has 0 aliphatic heterocycles. The second-order valence-electron chi connectivity index (χ2n) is 5.67. The van der Waals surface area contributed by atoms with Crippen molar-refractivity contribution in [1.29, 1.82) is 0 Å². The van der Waals surface area contributed by atoms with Crippen LogP contribution in [0.15, 0.2) is 57.9 Å². The fourth-order valence-electron chi connectivity index (χ4n) is 2.37. The van der Waals surface area contributed by atoms with Crippen LogP contribution in [0.3, 0.4) is 0 Å². The molecule has 2 aromatic carbocycles. The normalized spacial score (nSPS) is 12.5. The number of hydrogen-bond acceptors (Lipinski definition) is 8. The lowest BCUT2D eigenvalue weighted by molar-refractivity contribution is -0.384. The van der Waals surface area contributed by atoms with Gasteiger partial charge in [0.25, 0.3) is 11.6 Å². The molecule has 0 saturated heterocycles. The van der Waals surface area contributed by atoms with E-state index in [-0.39, 0.29) is 10.6 Å². The second-order valence-corrected chi connectivity index (χ2v) is 7.23. The number of nitrogens with one attached hydrogen (secondary N) is 1. The van der Waals surface area contributed by atoms with Crippen LogP contribution in [0.1, 0.15) is 18.8 Å². The van der Waals surface area contributed by atoms with Gasteiger partial charge in [-0.25, -0.2) is 13.6 Å².